The summed E-state index contributed by atoms with van der Waals surface area (Å²) in [6.07, 6.45) is 0. The predicted octanol–water partition coefficient (Wildman–Crippen LogP) is 1.65. The van der Waals surface area contributed by atoms with Crippen molar-refractivity contribution in [2.45, 2.75) is 18.7 Å². The van der Waals surface area contributed by atoms with Gasteiger partial charge in [0.15, 0.2) is 0 Å². The van der Waals surface area contributed by atoms with Crippen LogP contribution in [0.15, 0.2) is 50.9 Å². The molecule has 1 aromatic heterocycles. The molecule has 0 spiro atoms. The second-order valence-corrected chi connectivity index (χ2v) is 7.97. The van der Waals surface area contributed by atoms with E-state index in [4.69, 9.17) is 0 Å². The minimum atomic E-state index is -3.84. The van der Waals surface area contributed by atoms with Crippen LogP contribution < -0.4 is 15.8 Å². The van der Waals surface area contributed by atoms with Gasteiger partial charge in [-0.2, -0.15) is 0 Å². The lowest BCUT2D eigenvalue weighted by molar-refractivity contribution is 0.601. The van der Waals surface area contributed by atoms with E-state index >= 15 is 0 Å². The van der Waals surface area contributed by atoms with Gasteiger partial charge in [0.25, 0.3) is 10.0 Å². The van der Waals surface area contributed by atoms with E-state index in [0.717, 1.165) is 15.7 Å². The van der Waals surface area contributed by atoms with Gasteiger partial charge in [0.2, 0.25) is 0 Å². The van der Waals surface area contributed by atoms with Gasteiger partial charge >= 0.3 is 11.1 Å². The highest BCUT2D eigenvalue weighted by Crippen LogP contribution is 2.21. The Bertz CT molecular complexity index is 1250. The summed E-state index contributed by atoms with van der Waals surface area (Å²) in [6.45, 7) is 3.85. The van der Waals surface area contributed by atoms with E-state index < -0.39 is 21.1 Å². The number of hydrogen-bond acceptors (Lipinski definition) is 4. The normalized spacial score (nSPS) is 11.7. The predicted molar refractivity (Wildman–Crippen MR) is 101 cm³/mol. The molecule has 0 fully saturated rings. The van der Waals surface area contributed by atoms with Crippen molar-refractivity contribution in [3.63, 3.8) is 0 Å². The first-order valence-corrected chi connectivity index (χ1v) is 9.40. The molecule has 0 bridgehead atoms. The molecule has 3 rings (SSSR count). The molecule has 1 N–H and O–H groups in total. The Morgan fingerprint density at radius 1 is 0.808 bits per heavy atom. The van der Waals surface area contributed by atoms with Crippen LogP contribution in [0.4, 0.5) is 5.69 Å². The largest absolute Gasteiger partial charge is 0.316 e. The van der Waals surface area contributed by atoms with Crippen molar-refractivity contribution in [2.24, 2.45) is 14.1 Å². The Morgan fingerprint density at radius 2 is 1.42 bits per heavy atom. The van der Waals surface area contributed by atoms with Crippen LogP contribution in [0.2, 0.25) is 0 Å². The SMILES string of the molecule is Cc1ccc(NS(=O)(=O)c2ccc3c(c2)n(C)c(=O)c(=O)n3C)cc1C. The maximum Gasteiger partial charge on any atom is 0.316 e. The molecule has 0 aliphatic rings. The van der Waals surface area contributed by atoms with Crippen LogP contribution in [0.25, 0.3) is 11.0 Å². The highest BCUT2D eigenvalue weighted by Gasteiger charge is 2.17. The summed E-state index contributed by atoms with van der Waals surface area (Å²) < 4.78 is 30.4. The number of hydrogen-bond donors (Lipinski definition) is 1. The van der Waals surface area contributed by atoms with Crippen LogP contribution >= 0.6 is 0 Å². The van der Waals surface area contributed by atoms with Crippen LogP contribution in [0.3, 0.4) is 0 Å². The van der Waals surface area contributed by atoms with Crippen LogP contribution in [0.5, 0.6) is 0 Å². The number of aryl methyl sites for hydroxylation is 4. The van der Waals surface area contributed by atoms with E-state index in [0.29, 0.717) is 16.7 Å². The molecule has 0 radical (unpaired) electrons. The third-order valence-corrected chi connectivity index (χ3v) is 5.91. The van der Waals surface area contributed by atoms with Gasteiger partial charge in [0.05, 0.1) is 15.9 Å². The minimum Gasteiger partial charge on any atom is -0.305 e. The van der Waals surface area contributed by atoms with Crippen molar-refractivity contribution in [2.75, 3.05) is 4.72 Å². The number of benzene rings is 2. The first-order chi connectivity index (χ1) is 12.1. The van der Waals surface area contributed by atoms with Crippen LogP contribution in [-0.2, 0) is 24.1 Å². The molecule has 0 saturated heterocycles. The average molecular weight is 373 g/mol. The smallest absolute Gasteiger partial charge is 0.305 e. The molecule has 0 saturated carbocycles. The van der Waals surface area contributed by atoms with Gasteiger partial charge in [-0.25, -0.2) is 8.42 Å². The topological polar surface area (TPSA) is 90.2 Å². The summed E-state index contributed by atoms with van der Waals surface area (Å²) in [4.78, 5) is 23.9. The minimum absolute atomic E-state index is 0.0110. The van der Waals surface area contributed by atoms with Crippen LogP contribution in [0.1, 0.15) is 11.1 Å². The van der Waals surface area contributed by atoms with Gasteiger partial charge in [-0.05, 0) is 55.3 Å². The van der Waals surface area contributed by atoms with Crippen molar-refractivity contribution in [3.8, 4) is 0 Å². The molecule has 0 aliphatic heterocycles. The molecule has 136 valence electrons. The molecule has 1 heterocycles. The van der Waals surface area contributed by atoms with E-state index in [1.807, 2.05) is 19.9 Å². The Labute approximate surface area is 150 Å². The molecule has 3 aromatic rings. The van der Waals surface area contributed by atoms with Crippen LogP contribution in [-0.4, -0.2) is 17.6 Å². The fourth-order valence-corrected chi connectivity index (χ4v) is 3.82. The summed E-state index contributed by atoms with van der Waals surface area (Å²) in [7, 11) is -0.916. The number of nitrogens with zero attached hydrogens (tertiary/aromatic N) is 2. The lowest BCUT2D eigenvalue weighted by Crippen LogP contribution is -2.39. The Kier molecular flexibility index (Phi) is 4.23. The van der Waals surface area contributed by atoms with Gasteiger partial charge in [-0.15, -0.1) is 0 Å². The summed E-state index contributed by atoms with van der Waals surface area (Å²) in [5.41, 5.74) is 1.96. The number of sulfonamides is 1. The van der Waals surface area contributed by atoms with Crippen molar-refractivity contribution < 1.29 is 8.42 Å². The highest BCUT2D eigenvalue weighted by atomic mass is 32.2. The molecule has 0 aliphatic carbocycles. The second kappa shape index (κ2) is 6.14. The van der Waals surface area contributed by atoms with Gasteiger partial charge in [0.1, 0.15) is 0 Å². The summed E-state index contributed by atoms with van der Waals surface area (Å²) in [6, 6.07) is 9.61. The Balaban J connectivity index is 2.13. The first kappa shape index (κ1) is 17.9. The van der Waals surface area contributed by atoms with Crippen molar-refractivity contribution in [1.29, 1.82) is 0 Å². The summed E-state index contributed by atoms with van der Waals surface area (Å²) >= 11 is 0. The van der Waals surface area contributed by atoms with Gasteiger partial charge in [-0.1, -0.05) is 6.07 Å². The number of anilines is 1. The molecule has 0 atom stereocenters. The number of fused-ring (bicyclic) bond motifs is 1. The molecule has 0 unspecified atom stereocenters. The molecule has 7 nitrogen and oxygen atoms in total. The Hall–Kier alpha value is -2.87. The number of aromatic nitrogens is 2. The van der Waals surface area contributed by atoms with Crippen molar-refractivity contribution in [1.82, 2.24) is 9.13 Å². The van der Waals surface area contributed by atoms with Gasteiger partial charge < -0.3 is 9.13 Å². The van der Waals surface area contributed by atoms with Gasteiger partial charge in [-0.3, -0.25) is 14.3 Å². The molecule has 2 aromatic carbocycles. The molecular weight excluding hydrogens is 354 g/mol. The van der Waals surface area contributed by atoms with E-state index in [1.54, 1.807) is 12.1 Å². The standard InChI is InChI=1S/C18H19N3O4S/c1-11-5-6-13(9-12(11)2)19-26(24,25)14-7-8-15-16(10-14)21(4)18(23)17(22)20(15)3/h5-10,19H,1-4H3. The number of rotatable bonds is 3. The average Bonchev–Trinajstić information content (AvgIpc) is 2.60. The van der Waals surface area contributed by atoms with E-state index in [-0.39, 0.29) is 4.90 Å². The number of nitrogens with one attached hydrogen (secondary N) is 1. The van der Waals surface area contributed by atoms with Crippen LogP contribution in [0, 0.1) is 13.8 Å². The molecule has 26 heavy (non-hydrogen) atoms. The fourth-order valence-electron chi connectivity index (χ4n) is 2.75. The zero-order chi connectivity index (χ0) is 19.2. The second-order valence-electron chi connectivity index (χ2n) is 6.28. The quantitative estimate of drug-likeness (QED) is 0.707. The monoisotopic (exact) mass is 373 g/mol. The van der Waals surface area contributed by atoms with E-state index in [1.165, 1.54) is 36.9 Å². The maximum atomic E-state index is 12.7. The van der Waals surface area contributed by atoms with E-state index in [9.17, 15) is 18.0 Å². The third kappa shape index (κ3) is 2.92. The summed E-state index contributed by atoms with van der Waals surface area (Å²) in [5, 5.41) is 0. The highest BCUT2D eigenvalue weighted by molar-refractivity contribution is 7.92. The van der Waals surface area contributed by atoms with Crippen molar-refractivity contribution in [3.05, 3.63) is 68.2 Å². The van der Waals surface area contributed by atoms with E-state index in [2.05, 4.69) is 4.72 Å². The fraction of sp³-hybridized carbons (Fsp3) is 0.222. The van der Waals surface area contributed by atoms with Crippen molar-refractivity contribution >= 4 is 26.7 Å². The zero-order valence-electron chi connectivity index (χ0n) is 14.9. The maximum absolute atomic E-state index is 12.7. The molecule has 0 amide bonds. The van der Waals surface area contributed by atoms with Gasteiger partial charge in [0, 0.05) is 19.8 Å². The first-order valence-electron chi connectivity index (χ1n) is 7.91. The Morgan fingerprint density at radius 3 is 2.04 bits per heavy atom. The third-order valence-electron chi connectivity index (χ3n) is 4.53. The summed E-state index contributed by atoms with van der Waals surface area (Å²) in [5.74, 6) is 0. The molecule has 8 heteroatoms. The lowest BCUT2D eigenvalue weighted by Gasteiger charge is -2.13. The lowest BCUT2D eigenvalue weighted by atomic mass is 10.1. The zero-order valence-corrected chi connectivity index (χ0v) is 15.7. The molecular formula is C18H19N3O4S.